The van der Waals surface area contributed by atoms with Gasteiger partial charge in [0.15, 0.2) is 0 Å². The van der Waals surface area contributed by atoms with Crippen LogP contribution in [0.15, 0.2) is 12.1 Å². The number of aromatic carboxylic acids is 1. The van der Waals surface area contributed by atoms with Crippen molar-refractivity contribution in [1.82, 2.24) is 10.3 Å². The number of rotatable bonds is 5. The lowest BCUT2D eigenvalue weighted by atomic mass is 10.1. The van der Waals surface area contributed by atoms with Gasteiger partial charge in [0.2, 0.25) is 0 Å². The molecule has 1 saturated heterocycles. The molecule has 0 radical (unpaired) electrons. The Morgan fingerprint density at radius 1 is 1.52 bits per heavy atom. The number of carboxylic acids is 1. The number of nitrogens with one attached hydrogen (secondary N) is 1. The van der Waals surface area contributed by atoms with E-state index in [1.807, 2.05) is 6.92 Å². The summed E-state index contributed by atoms with van der Waals surface area (Å²) >= 11 is 0. The Bertz CT molecular complexity index is 538. The maximum Gasteiger partial charge on any atom is 0.337 e. The van der Waals surface area contributed by atoms with Gasteiger partial charge in [0.1, 0.15) is 5.69 Å². The fourth-order valence-electron chi connectivity index (χ4n) is 2.53. The van der Waals surface area contributed by atoms with Crippen LogP contribution in [0.1, 0.15) is 52.7 Å². The molecule has 2 atom stereocenters. The molecule has 2 N–H and O–H groups in total. The van der Waals surface area contributed by atoms with Crippen molar-refractivity contribution in [2.45, 2.75) is 45.3 Å². The van der Waals surface area contributed by atoms with Crippen molar-refractivity contribution in [2.75, 3.05) is 6.61 Å². The minimum atomic E-state index is -1.04. The second-order valence-corrected chi connectivity index (χ2v) is 5.17. The molecular weight excluding hydrogens is 272 g/mol. The Morgan fingerprint density at radius 3 is 2.81 bits per heavy atom. The zero-order valence-corrected chi connectivity index (χ0v) is 12.3. The number of carboxylic acid groups (broad SMARTS) is 1. The molecule has 1 aromatic rings. The molecule has 1 fully saturated rings. The highest BCUT2D eigenvalue weighted by atomic mass is 16.5. The summed E-state index contributed by atoms with van der Waals surface area (Å²) in [7, 11) is 0. The molecule has 21 heavy (non-hydrogen) atoms. The van der Waals surface area contributed by atoms with Gasteiger partial charge in [0, 0.05) is 6.61 Å². The lowest BCUT2D eigenvalue weighted by Crippen LogP contribution is -2.43. The largest absolute Gasteiger partial charge is 0.478 e. The van der Waals surface area contributed by atoms with Crippen molar-refractivity contribution in [1.29, 1.82) is 0 Å². The van der Waals surface area contributed by atoms with E-state index in [1.54, 1.807) is 6.92 Å². The quantitative estimate of drug-likeness (QED) is 0.863. The van der Waals surface area contributed by atoms with Crippen LogP contribution >= 0.6 is 0 Å². The van der Waals surface area contributed by atoms with E-state index in [0.29, 0.717) is 5.69 Å². The molecule has 6 heteroatoms. The van der Waals surface area contributed by atoms with Crippen LogP contribution < -0.4 is 5.32 Å². The van der Waals surface area contributed by atoms with Gasteiger partial charge in [-0.15, -0.1) is 0 Å². The van der Waals surface area contributed by atoms with E-state index in [4.69, 9.17) is 9.84 Å². The number of hydrogen-bond acceptors (Lipinski definition) is 4. The minimum absolute atomic E-state index is 0.0405. The van der Waals surface area contributed by atoms with Gasteiger partial charge in [-0.05, 0) is 38.3 Å². The molecule has 0 saturated carbocycles. The number of hydrogen-bond donors (Lipinski definition) is 2. The van der Waals surface area contributed by atoms with Crippen LogP contribution in [0, 0.1) is 6.92 Å². The summed E-state index contributed by atoms with van der Waals surface area (Å²) in [5.41, 5.74) is 0.673. The molecule has 1 amide bonds. The van der Waals surface area contributed by atoms with Crippen LogP contribution in [-0.4, -0.2) is 40.7 Å². The smallest absolute Gasteiger partial charge is 0.337 e. The number of amides is 1. The van der Waals surface area contributed by atoms with E-state index in [1.165, 1.54) is 12.1 Å². The number of aryl methyl sites for hydroxylation is 1. The Morgan fingerprint density at radius 2 is 2.29 bits per heavy atom. The first-order valence-electron chi connectivity index (χ1n) is 7.16. The van der Waals surface area contributed by atoms with Crippen molar-refractivity contribution >= 4 is 11.9 Å². The highest BCUT2D eigenvalue weighted by Gasteiger charge is 2.26. The molecule has 1 aliphatic rings. The van der Waals surface area contributed by atoms with Crippen LogP contribution in [0.3, 0.4) is 0 Å². The van der Waals surface area contributed by atoms with Crippen molar-refractivity contribution in [3.63, 3.8) is 0 Å². The first kappa shape index (κ1) is 15.4. The average Bonchev–Trinajstić information content (AvgIpc) is 2.97. The van der Waals surface area contributed by atoms with E-state index in [2.05, 4.69) is 10.3 Å². The molecule has 114 valence electrons. The molecule has 2 unspecified atom stereocenters. The Balaban J connectivity index is 2.08. The summed E-state index contributed by atoms with van der Waals surface area (Å²) in [6.45, 7) is 4.32. The van der Waals surface area contributed by atoms with E-state index in [-0.39, 0.29) is 29.3 Å². The van der Waals surface area contributed by atoms with Crippen molar-refractivity contribution in [2.24, 2.45) is 0 Å². The molecule has 1 aromatic heterocycles. The molecular formula is C15H20N2O4. The predicted octanol–water partition coefficient (Wildman–Crippen LogP) is 1.78. The molecule has 1 aliphatic heterocycles. The van der Waals surface area contributed by atoms with Gasteiger partial charge in [-0.1, -0.05) is 6.92 Å². The highest BCUT2D eigenvalue weighted by molar-refractivity contribution is 5.94. The number of pyridine rings is 1. The van der Waals surface area contributed by atoms with E-state index < -0.39 is 5.97 Å². The molecule has 6 nitrogen and oxygen atoms in total. The first-order valence-corrected chi connectivity index (χ1v) is 7.16. The summed E-state index contributed by atoms with van der Waals surface area (Å²) in [6.07, 6.45) is 2.80. The monoisotopic (exact) mass is 292 g/mol. The van der Waals surface area contributed by atoms with Crippen LogP contribution in [-0.2, 0) is 4.74 Å². The lowest BCUT2D eigenvalue weighted by Gasteiger charge is -2.22. The van der Waals surface area contributed by atoms with Gasteiger partial charge in [-0.2, -0.15) is 0 Å². The SMILES string of the molecule is CCC(NC(=O)c1ccc(C(=O)O)c(C)n1)C1CCCO1. The second kappa shape index (κ2) is 6.67. The third-order valence-corrected chi connectivity index (χ3v) is 3.72. The maximum atomic E-state index is 12.2. The predicted molar refractivity (Wildman–Crippen MR) is 76.5 cm³/mol. The third kappa shape index (κ3) is 3.58. The number of nitrogens with zero attached hydrogens (tertiary/aromatic N) is 1. The molecule has 0 aliphatic carbocycles. The molecule has 0 aromatic carbocycles. The minimum Gasteiger partial charge on any atom is -0.478 e. The van der Waals surface area contributed by atoms with Crippen LogP contribution in [0.25, 0.3) is 0 Å². The lowest BCUT2D eigenvalue weighted by molar-refractivity contribution is 0.0661. The van der Waals surface area contributed by atoms with Crippen LogP contribution in [0.4, 0.5) is 0 Å². The van der Waals surface area contributed by atoms with Crippen molar-refractivity contribution < 1.29 is 19.4 Å². The van der Waals surface area contributed by atoms with E-state index in [9.17, 15) is 9.59 Å². The van der Waals surface area contributed by atoms with Gasteiger partial charge >= 0.3 is 5.97 Å². The van der Waals surface area contributed by atoms with Gasteiger partial charge in [0.05, 0.1) is 23.4 Å². The number of carbonyl (C=O) groups excluding carboxylic acids is 1. The molecule has 0 bridgehead atoms. The van der Waals surface area contributed by atoms with E-state index in [0.717, 1.165) is 25.9 Å². The third-order valence-electron chi connectivity index (χ3n) is 3.72. The number of aromatic nitrogens is 1. The van der Waals surface area contributed by atoms with Gasteiger partial charge < -0.3 is 15.2 Å². The van der Waals surface area contributed by atoms with E-state index >= 15 is 0 Å². The normalized spacial score (nSPS) is 19.2. The standard InChI is InChI=1S/C15H20N2O4/c1-3-11(13-5-4-8-21-13)17-14(18)12-7-6-10(15(19)20)9(2)16-12/h6-7,11,13H,3-5,8H2,1-2H3,(H,17,18)(H,19,20). The number of carbonyl (C=O) groups is 2. The fourth-order valence-corrected chi connectivity index (χ4v) is 2.53. The Labute approximate surface area is 123 Å². The topological polar surface area (TPSA) is 88.5 Å². The van der Waals surface area contributed by atoms with Gasteiger partial charge in [0.25, 0.3) is 5.91 Å². The van der Waals surface area contributed by atoms with Gasteiger partial charge in [-0.3, -0.25) is 4.79 Å². The summed E-state index contributed by atoms with van der Waals surface area (Å²) in [6, 6.07) is 2.81. The number of ether oxygens (including phenoxy) is 1. The summed E-state index contributed by atoms with van der Waals surface area (Å²) in [5.74, 6) is -1.34. The zero-order chi connectivity index (χ0) is 15.4. The fraction of sp³-hybridized carbons (Fsp3) is 0.533. The maximum absolute atomic E-state index is 12.2. The zero-order valence-electron chi connectivity index (χ0n) is 12.3. The highest BCUT2D eigenvalue weighted by Crippen LogP contribution is 2.18. The van der Waals surface area contributed by atoms with Crippen molar-refractivity contribution in [3.05, 3.63) is 29.1 Å². The molecule has 2 rings (SSSR count). The summed E-state index contributed by atoms with van der Waals surface area (Å²) in [5, 5.41) is 11.9. The van der Waals surface area contributed by atoms with Crippen LogP contribution in [0.2, 0.25) is 0 Å². The molecule has 0 spiro atoms. The molecule has 2 heterocycles. The van der Waals surface area contributed by atoms with Crippen LogP contribution in [0.5, 0.6) is 0 Å². The first-order chi connectivity index (χ1) is 10.0. The average molecular weight is 292 g/mol. The summed E-state index contributed by atoms with van der Waals surface area (Å²) < 4.78 is 5.60. The summed E-state index contributed by atoms with van der Waals surface area (Å²) in [4.78, 5) is 27.2. The van der Waals surface area contributed by atoms with Crippen molar-refractivity contribution in [3.8, 4) is 0 Å². The van der Waals surface area contributed by atoms with Gasteiger partial charge in [-0.25, -0.2) is 9.78 Å². The Kier molecular flexibility index (Phi) is 4.90. The Hall–Kier alpha value is -1.95. The second-order valence-electron chi connectivity index (χ2n) is 5.17.